The van der Waals surface area contributed by atoms with Crippen LogP contribution in [0.15, 0.2) is 73.1 Å². The van der Waals surface area contributed by atoms with Crippen LogP contribution in [0.1, 0.15) is 37.9 Å². The van der Waals surface area contributed by atoms with Gasteiger partial charge in [-0.05, 0) is 41.5 Å². The maximum absolute atomic E-state index is 12.5. The highest BCUT2D eigenvalue weighted by Crippen LogP contribution is 2.31. The predicted molar refractivity (Wildman–Crippen MR) is 96.9 cm³/mol. The van der Waals surface area contributed by atoms with Gasteiger partial charge in [0.1, 0.15) is 6.10 Å². The lowest BCUT2D eigenvalue weighted by molar-refractivity contribution is 0.0252. The fraction of sp³-hybridized carbons (Fsp3) is 0.0952. The number of carbonyl (C=O) groups excluding carboxylic acids is 2. The molecule has 0 bridgehead atoms. The molecule has 2 heterocycles. The molecule has 1 amide bonds. The molecule has 4 rings (SSSR count). The van der Waals surface area contributed by atoms with Crippen LogP contribution < -0.4 is 5.32 Å². The molecular weight excluding hydrogens is 328 g/mol. The molecular formula is C21H16N2O3. The highest BCUT2D eigenvalue weighted by molar-refractivity contribution is 6.05. The summed E-state index contributed by atoms with van der Waals surface area (Å²) >= 11 is 0. The van der Waals surface area contributed by atoms with Gasteiger partial charge in [0.15, 0.2) is 0 Å². The molecule has 2 aromatic carbocycles. The van der Waals surface area contributed by atoms with Gasteiger partial charge in [-0.1, -0.05) is 30.3 Å². The molecule has 1 N–H and O–H groups in total. The van der Waals surface area contributed by atoms with Crippen LogP contribution in [0.25, 0.3) is 0 Å². The van der Waals surface area contributed by atoms with Gasteiger partial charge in [0.25, 0.3) is 5.91 Å². The minimum Gasteiger partial charge on any atom is -0.454 e. The third kappa shape index (κ3) is 3.19. The molecule has 0 fully saturated rings. The number of nitrogens with one attached hydrogen (secondary N) is 1. The van der Waals surface area contributed by atoms with E-state index in [1.807, 2.05) is 30.3 Å². The molecule has 0 saturated heterocycles. The number of fused-ring (bicyclic) bond motifs is 1. The first-order valence-corrected chi connectivity index (χ1v) is 8.31. The Bertz CT molecular complexity index is 956. The van der Waals surface area contributed by atoms with E-state index in [0.717, 1.165) is 11.1 Å². The second kappa shape index (κ2) is 6.80. The van der Waals surface area contributed by atoms with E-state index in [1.165, 1.54) is 0 Å². The van der Waals surface area contributed by atoms with Crippen LogP contribution in [-0.2, 0) is 11.2 Å². The number of cyclic esters (lactones) is 1. The van der Waals surface area contributed by atoms with Crippen LogP contribution in [0.5, 0.6) is 0 Å². The quantitative estimate of drug-likeness (QED) is 0.734. The first-order chi connectivity index (χ1) is 12.7. The zero-order valence-corrected chi connectivity index (χ0v) is 13.9. The Labute approximate surface area is 150 Å². The highest BCUT2D eigenvalue weighted by Gasteiger charge is 2.28. The number of pyridine rings is 1. The molecule has 1 atom stereocenters. The van der Waals surface area contributed by atoms with Gasteiger partial charge in [0.2, 0.25) is 0 Å². The summed E-state index contributed by atoms with van der Waals surface area (Å²) < 4.78 is 5.55. The van der Waals surface area contributed by atoms with Crippen LogP contribution in [0.2, 0.25) is 0 Å². The molecule has 0 spiro atoms. The third-order valence-corrected chi connectivity index (χ3v) is 4.35. The molecule has 5 heteroatoms. The van der Waals surface area contributed by atoms with Gasteiger partial charge in [-0.15, -0.1) is 0 Å². The van der Waals surface area contributed by atoms with Crippen LogP contribution in [0.4, 0.5) is 5.69 Å². The van der Waals surface area contributed by atoms with Crippen molar-refractivity contribution in [2.24, 2.45) is 0 Å². The lowest BCUT2D eigenvalue weighted by Crippen LogP contribution is -2.23. The van der Waals surface area contributed by atoms with Crippen LogP contribution in [-0.4, -0.2) is 16.9 Å². The standard InChI is InChI=1S/C21H16N2O3/c24-20(23-17-8-10-22-11-9-17)15-6-7-18-16(12-15)13-19(26-21(18)25)14-4-2-1-3-5-14/h1-12,19H,13H2,(H,22,23,24). The number of nitrogens with zero attached hydrogens (tertiary/aromatic N) is 1. The van der Waals surface area contributed by atoms with Crippen molar-refractivity contribution in [3.8, 4) is 0 Å². The first-order valence-electron chi connectivity index (χ1n) is 8.31. The molecule has 0 saturated carbocycles. The van der Waals surface area contributed by atoms with E-state index in [2.05, 4.69) is 10.3 Å². The summed E-state index contributed by atoms with van der Waals surface area (Å²) in [6.45, 7) is 0. The van der Waals surface area contributed by atoms with Gasteiger partial charge < -0.3 is 10.1 Å². The van der Waals surface area contributed by atoms with Crippen molar-refractivity contribution in [2.75, 3.05) is 5.32 Å². The molecule has 5 nitrogen and oxygen atoms in total. The van der Waals surface area contributed by atoms with E-state index in [1.54, 1.807) is 42.7 Å². The number of carbonyl (C=O) groups is 2. The third-order valence-electron chi connectivity index (χ3n) is 4.35. The maximum atomic E-state index is 12.5. The molecule has 1 aliphatic heterocycles. The number of amides is 1. The Hall–Kier alpha value is -3.47. The van der Waals surface area contributed by atoms with Gasteiger partial charge in [-0.2, -0.15) is 0 Å². The Morgan fingerprint density at radius 3 is 2.58 bits per heavy atom. The second-order valence-electron chi connectivity index (χ2n) is 6.07. The average Bonchev–Trinajstić information content (AvgIpc) is 2.69. The molecule has 3 aromatic rings. The van der Waals surface area contributed by atoms with E-state index < -0.39 is 0 Å². The Kier molecular flexibility index (Phi) is 4.19. The molecule has 1 aliphatic rings. The summed E-state index contributed by atoms with van der Waals surface area (Å²) in [5, 5.41) is 2.82. The molecule has 1 unspecified atom stereocenters. The van der Waals surface area contributed by atoms with Gasteiger partial charge in [0.05, 0.1) is 5.56 Å². The summed E-state index contributed by atoms with van der Waals surface area (Å²) in [5.41, 5.74) is 3.44. The Morgan fingerprint density at radius 2 is 1.81 bits per heavy atom. The number of rotatable bonds is 3. The lowest BCUT2D eigenvalue weighted by Gasteiger charge is -2.25. The summed E-state index contributed by atoms with van der Waals surface area (Å²) in [7, 11) is 0. The van der Waals surface area contributed by atoms with Gasteiger partial charge in [-0.3, -0.25) is 9.78 Å². The zero-order chi connectivity index (χ0) is 17.9. The SMILES string of the molecule is O=C(Nc1ccncc1)c1ccc2c(c1)CC(c1ccccc1)OC2=O. The summed E-state index contributed by atoms with van der Waals surface area (Å²) in [6.07, 6.45) is 3.43. The first kappa shape index (κ1) is 16.0. The average molecular weight is 344 g/mol. The van der Waals surface area contributed by atoms with Gasteiger partial charge in [0, 0.05) is 30.1 Å². The van der Waals surface area contributed by atoms with E-state index >= 15 is 0 Å². The summed E-state index contributed by atoms with van der Waals surface area (Å²) in [6, 6.07) is 18.1. The molecule has 1 aromatic heterocycles. The minimum atomic E-state index is -0.360. The van der Waals surface area contributed by atoms with E-state index in [-0.39, 0.29) is 18.0 Å². The lowest BCUT2D eigenvalue weighted by atomic mass is 9.93. The summed E-state index contributed by atoms with van der Waals surface area (Å²) in [5.74, 6) is -0.588. The minimum absolute atomic E-state index is 0.228. The van der Waals surface area contributed by atoms with Gasteiger partial charge >= 0.3 is 5.97 Å². The van der Waals surface area contributed by atoms with E-state index in [9.17, 15) is 9.59 Å². The van der Waals surface area contributed by atoms with Crippen molar-refractivity contribution >= 4 is 17.6 Å². The van der Waals surface area contributed by atoms with Crippen molar-refractivity contribution in [3.05, 3.63) is 95.3 Å². The molecule has 128 valence electrons. The number of ether oxygens (including phenoxy) is 1. The Balaban J connectivity index is 1.60. The largest absolute Gasteiger partial charge is 0.454 e. The van der Waals surface area contributed by atoms with Crippen LogP contribution in [0, 0.1) is 0 Å². The topological polar surface area (TPSA) is 68.3 Å². The number of esters is 1. The number of anilines is 1. The maximum Gasteiger partial charge on any atom is 0.339 e. The van der Waals surface area contributed by atoms with E-state index in [4.69, 9.17) is 4.74 Å². The number of aromatic nitrogens is 1. The molecule has 0 radical (unpaired) electrons. The smallest absolute Gasteiger partial charge is 0.339 e. The number of hydrogen-bond acceptors (Lipinski definition) is 4. The van der Waals surface area contributed by atoms with Crippen LogP contribution in [0.3, 0.4) is 0 Å². The van der Waals surface area contributed by atoms with Crippen molar-refractivity contribution in [1.82, 2.24) is 4.98 Å². The Morgan fingerprint density at radius 1 is 1.04 bits per heavy atom. The van der Waals surface area contributed by atoms with Crippen LogP contribution >= 0.6 is 0 Å². The second-order valence-corrected chi connectivity index (χ2v) is 6.07. The van der Waals surface area contributed by atoms with Gasteiger partial charge in [-0.25, -0.2) is 4.79 Å². The molecule has 26 heavy (non-hydrogen) atoms. The normalized spacial score (nSPS) is 15.7. The monoisotopic (exact) mass is 344 g/mol. The summed E-state index contributed by atoms with van der Waals surface area (Å²) in [4.78, 5) is 28.7. The predicted octanol–water partition coefficient (Wildman–Crippen LogP) is 3.79. The zero-order valence-electron chi connectivity index (χ0n) is 13.9. The van der Waals surface area contributed by atoms with E-state index in [0.29, 0.717) is 23.2 Å². The number of benzene rings is 2. The fourth-order valence-electron chi connectivity index (χ4n) is 3.03. The fourth-order valence-corrected chi connectivity index (χ4v) is 3.03. The van der Waals surface area contributed by atoms with Crippen molar-refractivity contribution < 1.29 is 14.3 Å². The van der Waals surface area contributed by atoms with Crippen molar-refractivity contribution in [2.45, 2.75) is 12.5 Å². The van der Waals surface area contributed by atoms with Crippen molar-refractivity contribution in [3.63, 3.8) is 0 Å². The number of hydrogen-bond donors (Lipinski definition) is 1. The van der Waals surface area contributed by atoms with Crippen molar-refractivity contribution in [1.29, 1.82) is 0 Å². The highest BCUT2D eigenvalue weighted by atomic mass is 16.5. The molecule has 0 aliphatic carbocycles.